The average Bonchev–Trinajstić information content (AvgIpc) is 3.07. The van der Waals surface area contributed by atoms with E-state index >= 15 is 0 Å². The van der Waals surface area contributed by atoms with Crippen LogP contribution in [0.15, 0.2) is 52.9 Å². The fraction of sp³-hybridized carbons (Fsp3) is 0.263. The maximum absolute atomic E-state index is 12.2. The molecule has 1 aromatic heterocycles. The van der Waals surface area contributed by atoms with Gasteiger partial charge < -0.3 is 4.74 Å². The molecule has 0 unspecified atom stereocenters. The number of rotatable bonds is 5. The van der Waals surface area contributed by atoms with E-state index in [-0.39, 0.29) is 11.6 Å². The molecule has 6 nitrogen and oxygen atoms in total. The van der Waals surface area contributed by atoms with Crippen LogP contribution in [0, 0.1) is 0 Å². The monoisotopic (exact) mass is 336 g/mol. The highest BCUT2D eigenvalue weighted by Crippen LogP contribution is 2.23. The molecule has 0 bridgehead atoms. The minimum atomic E-state index is -0.379. The van der Waals surface area contributed by atoms with Crippen molar-refractivity contribution >= 4 is 12.1 Å². The molecule has 128 valence electrons. The Morgan fingerprint density at radius 1 is 1.24 bits per heavy atom. The van der Waals surface area contributed by atoms with Crippen LogP contribution in [0.4, 0.5) is 0 Å². The van der Waals surface area contributed by atoms with Gasteiger partial charge in [-0.2, -0.15) is 5.10 Å². The molecule has 1 aliphatic carbocycles. The summed E-state index contributed by atoms with van der Waals surface area (Å²) in [5.74, 6) is 0.381. The lowest BCUT2D eigenvalue weighted by atomic mass is 10.1. The van der Waals surface area contributed by atoms with Gasteiger partial charge in [-0.3, -0.25) is 9.78 Å². The standard InChI is InChI=1S/C19H20N4O2/c1-13-4-3-5-15(13)10-21-23-19(24)18-12-20-11-17(22-18)14-6-8-16(25-2)9-7-14/h6-12H,3-5H2,1-2H3,(H,23,24)/b21-10+. The van der Waals surface area contributed by atoms with Crippen LogP contribution in [-0.4, -0.2) is 29.2 Å². The van der Waals surface area contributed by atoms with Crippen LogP contribution in [0.2, 0.25) is 0 Å². The highest BCUT2D eigenvalue weighted by molar-refractivity contribution is 5.93. The average molecular weight is 336 g/mol. The fourth-order valence-corrected chi connectivity index (χ4v) is 2.70. The van der Waals surface area contributed by atoms with Crippen LogP contribution in [0.25, 0.3) is 11.3 Å². The number of benzene rings is 1. The fourth-order valence-electron chi connectivity index (χ4n) is 2.70. The molecule has 1 aromatic carbocycles. The van der Waals surface area contributed by atoms with E-state index in [2.05, 4.69) is 27.4 Å². The number of hydrogen-bond donors (Lipinski definition) is 1. The van der Waals surface area contributed by atoms with Crippen LogP contribution >= 0.6 is 0 Å². The number of nitrogens with one attached hydrogen (secondary N) is 1. The van der Waals surface area contributed by atoms with E-state index in [9.17, 15) is 4.79 Å². The summed E-state index contributed by atoms with van der Waals surface area (Å²) in [6.45, 7) is 2.10. The quantitative estimate of drug-likeness (QED) is 0.671. The zero-order valence-corrected chi connectivity index (χ0v) is 14.3. The van der Waals surface area contributed by atoms with E-state index < -0.39 is 0 Å². The molecule has 1 heterocycles. The van der Waals surface area contributed by atoms with E-state index in [0.29, 0.717) is 5.69 Å². The predicted octanol–water partition coefficient (Wildman–Crippen LogP) is 3.37. The molecule has 2 aromatic rings. The second kappa shape index (κ2) is 7.70. The molecule has 6 heteroatoms. The first-order valence-corrected chi connectivity index (χ1v) is 8.16. The molecule has 25 heavy (non-hydrogen) atoms. The Morgan fingerprint density at radius 3 is 2.72 bits per heavy atom. The number of ether oxygens (including phenoxy) is 1. The predicted molar refractivity (Wildman–Crippen MR) is 96.5 cm³/mol. The Hall–Kier alpha value is -3.02. The van der Waals surface area contributed by atoms with Crippen LogP contribution in [-0.2, 0) is 0 Å². The van der Waals surface area contributed by atoms with E-state index in [1.165, 1.54) is 17.3 Å². The first-order chi connectivity index (χ1) is 12.2. The van der Waals surface area contributed by atoms with Gasteiger partial charge in [-0.25, -0.2) is 10.4 Å². The number of nitrogens with zero attached hydrogens (tertiary/aromatic N) is 3. The van der Waals surface area contributed by atoms with Crippen LogP contribution in [0.3, 0.4) is 0 Å². The third-order valence-electron chi connectivity index (χ3n) is 4.19. The SMILES string of the molecule is COc1ccc(-c2cncc(C(=O)N/N=C/C3=C(C)CCC3)n2)cc1. The van der Waals surface area contributed by atoms with Gasteiger partial charge in [-0.05, 0) is 56.0 Å². The Bertz CT molecular complexity index is 826. The third kappa shape index (κ3) is 4.09. The maximum Gasteiger partial charge on any atom is 0.291 e. The van der Waals surface area contributed by atoms with E-state index in [4.69, 9.17) is 4.74 Å². The minimum Gasteiger partial charge on any atom is -0.497 e. The molecule has 0 fully saturated rings. The highest BCUT2D eigenvalue weighted by atomic mass is 16.5. The first kappa shape index (κ1) is 16.8. The zero-order chi connectivity index (χ0) is 17.6. The number of methoxy groups -OCH3 is 1. The van der Waals surface area contributed by atoms with Gasteiger partial charge in [0.15, 0.2) is 0 Å². The van der Waals surface area contributed by atoms with Crippen LogP contribution in [0.5, 0.6) is 5.75 Å². The summed E-state index contributed by atoms with van der Waals surface area (Å²) in [5.41, 5.74) is 6.75. The number of amides is 1. The first-order valence-electron chi connectivity index (χ1n) is 8.16. The Kier molecular flexibility index (Phi) is 5.18. The molecular formula is C19H20N4O2. The maximum atomic E-state index is 12.2. The molecule has 0 atom stereocenters. The number of allylic oxidation sites excluding steroid dienone is 2. The zero-order valence-electron chi connectivity index (χ0n) is 14.3. The van der Waals surface area contributed by atoms with E-state index in [1.54, 1.807) is 19.5 Å². The lowest BCUT2D eigenvalue weighted by molar-refractivity contribution is 0.0950. The normalized spacial score (nSPS) is 14.2. The minimum absolute atomic E-state index is 0.225. The summed E-state index contributed by atoms with van der Waals surface area (Å²) in [5, 5.41) is 4.04. The second-order valence-corrected chi connectivity index (χ2v) is 5.88. The molecule has 0 saturated heterocycles. The molecular weight excluding hydrogens is 316 g/mol. The molecule has 3 rings (SSSR count). The van der Waals surface area contributed by atoms with Crippen LogP contribution < -0.4 is 10.2 Å². The summed E-state index contributed by atoms with van der Waals surface area (Å²) in [7, 11) is 1.61. The van der Waals surface area contributed by atoms with Gasteiger partial charge in [0.25, 0.3) is 5.91 Å². The number of aromatic nitrogens is 2. The summed E-state index contributed by atoms with van der Waals surface area (Å²) in [4.78, 5) is 20.7. The second-order valence-electron chi connectivity index (χ2n) is 5.88. The third-order valence-corrected chi connectivity index (χ3v) is 4.19. The smallest absolute Gasteiger partial charge is 0.291 e. The molecule has 1 aliphatic rings. The van der Waals surface area contributed by atoms with Crippen molar-refractivity contribution in [3.8, 4) is 17.0 Å². The Labute approximate surface area is 146 Å². The van der Waals surface area contributed by atoms with Crippen molar-refractivity contribution in [2.24, 2.45) is 5.10 Å². The van der Waals surface area contributed by atoms with Gasteiger partial charge in [0.1, 0.15) is 11.4 Å². The summed E-state index contributed by atoms with van der Waals surface area (Å²) in [6, 6.07) is 7.42. The van der Waals surface area contributed by atoms with Gasteiger partial charge >= 0.3 is 0 Å². The highest BCUT2D eigenvalue weighted by Gasteiger charge is 2.11. The molecule has 0 spiro atoms. The molecule has 0 aliphatic heterocycles. The lowest BCUT2D eigenvalue weighted by Crippen LogP contribution is -2.19. The Balaban J connectivity index is 1.71. The molecule has 0 radical (unpaired) electrons. The number of carbonyl (C=O) groups excluding carboxylic acids is 1. The van der Waals surface area contributed by atoms with Crippen molar-refractivity contribution < 1.29 is 9.53 Å². The number of hydrazone groups is 1. The van der Waals surface area contributed by atoms with Gasteiger partial charge in [-0.15, -0.1) is 0 Å². The van der Waals surface area contributed by atoms with Gasteiger partial charge in [-0.1, -0.05) is 5.57 Å². The van der Waals surface area contributed by atoms with Crippen molar-refractivity contribution in [1.82, 2.24) is 15.4 Å². The molecule has 1 amide bonds. The van der Waals surface area contributed by atoms with E-state index in [0.717, 1.165) is 30.6 Å². The lowest BCUT2D eigenvalue weighted by Gasteiger charge is -2.05. The van der Waals surface area contributed by atoms with Gasteiger partial charge in [0.05, 0.1) is 31.4 Å². The van der Waals surface area contributed by atoms with Crippen molar-refractivity contribution in [2.45, 2.75) is 26.2 Å². The number of hydrogen-bond acceptors (Lipinski definition) is 5. The van der Waals surface area contributed by atoms with Crippen molar-refractivity contribution in [3.63, 3.8) is 0 Å². The van der Waals surface area contributed by atoms with Gasteiger partial charge in [0.2, 0.25) is 0 Å². The Morgan fingerprint density at radius 2 is 2.04 bits per heavy atom. The molecule has 0 saturated carbocycles. The topological polar surface area (TPSA) is 76.5 Å². The summed E-state index contributed by atoms with van der Waals surface area (Å²) < 4.78 is 5.14. The van der Waals surface area contributed by atoms with E-state index in [1.807, 2.05) is 24.3 Å². The van der Waals surface area contributed by atoms with Crippen molar-refractivity contribution in [3.05, 3.63) is 53.5 Å². The summed E-state index contributed by atoms with van der Waals surface area (Å²) >= 11 is 0. The molecule has 1 N–H and O–H groups in total. The largest absolute Gasteiger partial charge is 0.497 e. The van der Waals surface area contributed by atoms with Crippen molar-refractivity contribution in [1.29, 1.82) is 0 Å². The van der Waals surface area contributed by atoms with Crippen LogP contribution in [0.1, 0.15) is 36.7 Å². The van der Waals surface area contributed by atoms with Gasteiger partial charge in [0, 0.05) is 5.56 Å². The number of carbonyl (C=O) groups is 1. The van der Waals surface area contributed by atoms with Crippen molar-refractivity contribution in [2.75, 3.05) is 7.11 Å². The summed E-state index contributed by atoms with van der Waals surface area (Å²) in [6.07, 6.45) is 8.03.